The van der Waals surface area contributed by atoms with Crippen LogP contribution in [0.4, 0.5) is 5.69 Å². The van der Waals surface area contributed by atoms with E-state index in [0.29, 0.717) is 12.1 Å². The van der Waals surface area contributed by atoms with Crippen LogP contribution in [0.15, 0.2) is 42.5 Å². The van der Waals surface area contributed by atoms with E-state index in [1.807, 2.05) is 52.0 Å². The molecule has 0 aliphatic carbocycles. The molecule has 0 bridgehead atoms. The Morgan fingerprint density at radius 1 is 1.17 bits per heavy atom. The number of anilines is 1. The highest BCUT2D eigenvalue weighted by Crippen LogP contribution is 2.40. The number of amides is 1. The standard InChI is InChI=1S/C23H30N2O4S/c1-15-8-7-9-18(12-15)25(30(6,27)28)17(3)22(26)24-20-14-23(4,5)29-21-13-16(2)10-11-19(20)21/h7-13,17,20H,14H2,1-6H3,(H,24,26)/t17-,20-/m1/s1. The molecule has 0 spiro atoms. The summed E-state index contributed by atoms with van der Waals surface area (Å²) in [5, 5.41) is 3.06. The highest BCUT2D eigenvalue weighted by atomic mass is 32.2. The Balaban J connectivity index is 1.91. The van der Waals surface area contributed by atoms with Gasteiger partial charge in [-0.3, -0.25) is 9.10 Å². The number of sulfonamides is 1. The van der Waals surface area contributed by atoms with Gasteiger partial charge in [0.05, 0.1) is 18.0 Å². The maximum Gasteiger partial charge on any atom is 0.244 e. The zero-order valence-corrected chi connectivity index (χ0v) is 19.2. The largest absolute Gasteiger partial charge is 0.487 e. The van der Waals surface area contributed by atoms with Crippen LogP contribution in [0.25, 0.3) is 0 Å². The van der Waals surface area contributed by atoms with Crippen LogP contribution in [0, 0.1) is 13.8 Å². The van der Waals surface area contributed by atoms with Gasteiger partial charge in [0.1, 0.15) is 17.4 Å². The third-order valence-electron chi connectivity index (χ3n) is 5.29. The number of nitrogens with zero attached hydrogens (tertiary/aromatic N) is 1. The number of carbonyl (C=O) groups excluding carboxylic acids is 1. The molecule has 2 aromatic carbocycles. The number of ether oxygens (including phenoxy) is 1. The number of hydrogen-bond donors (Lipinski definition) is 1. The Labute approximate surface area is 179 Å². The van der Waals surface area contributed by atoms with Crippen LogP contribution >= 0.6 is 0 Å². The van der Waals surface area contributed by atoms with E-state index >= 15 is 0 Å². The number of fused-ring (bicyclic) bond motifs is 1. The van der Waals surface area contributed by atoms with Crippen molar-refractivity contribution in [3.8, 4) is 5.75 Å². The molecule has 0 radical (unpaired) electrons. The van der Waals surface area contributed by atoms with Gasteiger partial charge < -0.3 is 10.1 Å². The van der Waals surface area contributed by atoms with Gasteiger partial charge in [0, 0.05) is 12.0 Å². The summed E-state index contributed by atoms with van der Waals surface area (Å²) in [5.74, 6) is 0.402. The highest BCUT2D eigenvalue weighted by Gasteiger charge is 2.37. The minimum atomic E-state index is -3.66. The van der Waals surface area contributed by atoms with E-state index in [4.69, 9.17) is 4.74 Å². The van der Waals surface area contributed by atoms with Crippen LogP contribution in [0.2, 0.25) is 0 Å². The molecule has 1 heterocycles. The molecule has 0 aromatic heterocycles. The second kappa shape index (κ2) is 7.95. The van der Waals surface area contributed by atoms with Gasteiger partial charge >= 0.3 is 0 Å². The van der Waals surface area contributed by atoms with Gasteiger partial charge in [-0.25, -0.2) is 8.42 Å². The Bertz CT molecular complexity index is 1060. The molecule has 162 valence electrons. The summed E-state index contributed by atoms with van der Waals surface area (Å²) in [6, 6.07) is 11.9. The molecule has 3 rings (SSSR count). The second-order valence-corrected chi connectivity index (χ2v) is 10.6. The van der Waals surface area contributed by atoms with Crippen molar-refractivity contribution in [2.75, 3.05) is 10.6 Å². The number of benzene rings is 2. The summed E-state index contributed by atoms with van der Waals surface area (Å²) in [6.07, 6.45) is 1.71. The van der Waals surface area contributed by atoms with E-state index in [1.54, 1.807) is 25.1 Å². The highest BCUT2D eigenvalue weighted by molar-refractivity contribution is 7.92. The smallest absolute Gasteiger partial charge is 0.244 e. The maximum atomic E-state index is 13.2. The quantitative estimate of drug-likeness (QED) is 0.781. The number of nitrogens with one attached hydrogen (secondary N) is 1. The van der Waals surface area contributed by atoms with Crippen LogP contribution in [-0.2, 0) is 14.8 Å². The van der Waals surface area contributed by atoms with Crippen molar-refractivity contribution >= 4 is 21.6 Å². The van der Waals surface area contributed by atoms with Crippen molar-refractivity contribution in [1.29, 1.82) is 0 Å². The Morgan fingerprint density at radius 2 is 1.83 bits per heavy atom. The van der Waals surface area contributed by atoms with E-state index < -0.39 is 21.7 Å². The van der Waals surface area contributed by atoms with E-state index in [9.17, 15) is 13.2 Å². The first-order valence-corrected chi connectivity index (χ1v) is 11.9. The number of carbonyl (C=O) groups is 1. The summed E-state index contributed by atoms with van der Waals surface area (Å²) >= 11 is 0. The monoisotopic (exact) mass is 430 g/mol. The first-order valence-electron chi connectivity index (χ1n) is 10.0. The number of aryl methyl sites for hydroxylation is 2. The molecule has 1 aliphatic heterocycles. The number of hydrogen-bond acceptors (Lipinski definition) is 4. The molecule has 2 aromatic rings. The molecule has 30 heavy (non-hydrogen) atoms. The van der Waals surface area contributed by atoms with Crippen molar-refractivity contribution in [3.63, 3.8) is 0 Å². The van der Waals surface area contributed by atoms with Crippen LogP contribution in [0.3, 0.4) is 0 Å². The van der Waals surface area contributed by atoms with Crippen molar-refractivity contribution < 1.29 is 17.9 Å². The topological polar surface area (TPSA) is 75.7 Å². The van der Waals surface area contributed by atoms with Crippen molar-refractivity contribution in [2.45, 2.75) is 58.7 Å². The lowest BCUT2D eigenvalue weighted by molar-refractivity contribution is -0.123. The van der Waals surface area contributed by atoms with Crippen LogP contribution in [-0.4, -0.2) is 32.2 Å². The molecule has 0 unspecified atom stereocenters. The van der Waals surface area contributed by atoms with E-state index in [2.05, 4.69) is 5.32 Å². The minimum absolute atomic E-state index is 0.266. The summed E-state index contributed by atoms with van der Waals surface area (Å²) in [6.45, 7) is 9.45. The Morgan fingerprint density at radius 3 is 2.47 bits per heavy atom. The molecule has 1 amide bonds. The summed E-state index contributed by atoms with van der Waals surface area (Å²) in [5.41, 5.74) is 2.93. The summed E-state index contributed by atoms with van der Waals surface area (Å²) < 4.78 is 32.4. The van der Waals surface area contributed by atoms with Crippen molar-refractivity contribution in [1.82, 2.24) is 5.32 Å². The van der Waals surface area contributed by atoms with Crippen LogP contribution in [0.1, 0.15) is 49.9 Å². The van der Waals surface area contributed by atoms with Crippen molar-refractivity contribution in [3.05, 3.63) is 59.2 Å². The first-order chi connectivity index (χ1) is 13.9. The third kappa shape index (κ3) is 4.78. The average molecular weight is 431 g/mol. The molecule has 6 nitrogen and oxygen atoms in total. The lowest BCUT2D eigenvalue weighted by atomic mass is 9.89. The average Bonchev–Trinajstić information content (AvgIpc) is 2.59. The Kier molecular flexibility index (Phi) is 5.87. The van der Waals surface area contributed by atoms with Gasteiger partial charge in [0.2, 0.25) is 15.9 Å². The van der Waals surface area contributed by atoms with Gasteiger partial charge in [-0.1, -0.05) is 24.3 Å². The van der Waals surface area contributed by atoms with E-state index in [-0.39, 0.29) is 11.9 Å². The van der Waals surface area contributed by atoms with Gasteiger partial charge in [-0.15, -0.1) is 0 Å². The molecular formula is C23H30N2O4S. The molecule has 0 saturated heterocycles. The lowest BCUT2D eigenvalue weighted by Crippen LogP contribution is -2.50. The van der Waals surface area contributed by atoms with Gasteiger partial charge in [-0.2, -0.15) is 0 Å². The zero-order chi connectivity index (χ0) is 22.3. The molecule has 1 N–H and O–H groups in total. The number of rotatable bonds is 5. The SMILES string of the molecule is Cc1cccc(N([C@H](C)C(=O)N[C@@H]2CC(C)(C)Oc3cc(C)ccc32)S(C)(=O)=O)c1. The lowest BCUT2D eigenvalue weighted by Gasteiger charge is -2.39. The zero-order valence-electron chi connectivity index (χ0n) is 18.4. The third-order valence-corrected chi connectivity index (χ3v) is 6.53. The summed E-state index contributed by atoms with van der Waals surface area (Å²) in [7, 11) is -3.66. The maximum absolute atomic E-state index is 13.2. The first kappa shape index (κ1) is 22.2. The molecule has 1 aliphatic rings. The molecule has 0 fully saturated rings. The van der Waals surface area contributed by atoms with E-state index in [1.165, 1.54) is 4.31 Å². The fourth-order valence-corrected chi connectivity index (χ4v) is 5.12. The van der Waals surface area contributed by atoms with Gasteiger partial charge in [0.25, 0.3) is 0 Å². The van der Waals surface area contributed by atoms with Crippen molar-refractivity contribution in [2.24, 2.45) is 0 Å². The second-order valence-electron chi connectivity index (χ2n) is 8.74. The summed E-state index contributed by atoms with van der Waals surface area (Å²) in [4.78, 5) is 13.2. The molecule has 0 saturated carbocycles. The fraction of sp³-hybridized carbons (Fsp3) is 0.435. The van der Waals surface area contributed by atoms with Gasteiger partial charge in [-0.05, 0) is 63.9 Å². The minimum Gasteiger partial charge on any atom is -0.487 e. The van der Waals surface area contributed by atoms with Crippen LogP contribution < -0.4 is 14.4 Å². The normalized spacial score (nSPS) is 18.7. The predicted octanol–water partition coefficient (Wildman–Crippen LogP) is 3.88. The molecular weight excluding hydrogens is 400 g/mol. The fourth-order valence-electron chi connectivity index (χ4n) is 3.95. The van der Waals surface area contributed by atoms with Crippen LogP contribution in [0.5, 0.6) is 5.75 Å². The van der Waals surface area contributed by atoms with E-state index in [0.717, 1.165) is 28.7 Å². The predicted molar refractivity (Wildman–Crippen MR) is 119 cm³/mol. The van der Waals surface area contributed by atoms with Gasteiger partial charge in [0.15, 0.2) is 0 Å². The molecule has 2 atom stereocenters. The molecule has 7 heteroatoms. The Hall–Kier alpha value is -2.54.